The van der Waals surface area contributed by atoms with Crippen molar-refractivity contribution in [2.24, 2.45) is 0 Å². The molecule has 0 aliphatic rings. The van der Waals surface area contributed by atoms with E-state index >= 15 is 0 Å². The van der Waals surface area contributed by atoms with Crippen molar-refractivity contribution in [1.29, 1.82) is 0 Å². The summed E-state index contributed by atoms with van der Waals surface area (Å²) in [5.74, 6) is 0. The zero-order valence-corrected chi connectivity index (χ0v) is 8.51. The summed E-state index contributed by atoms with van der Waals surface area (Å²) >= 11 is 11.7. The van der Waals surface area contributed by atoms with Gasteiger partial charge in [-0.3, -0.25) is 0 Å². The lowest BCUT2D eigenvalue weighted by Crippen LogP contribution is -1.85. The molecular formula is C8H6ClNS2. The molecule has 2 N–H and O–H groups in total. The van der Waals surface area contributed by atoms with Crippen LogP contribution in [0.15, 0.2) is 23.1 Å². The van der Waals surface area contributed by atoms with Crippen LogP contribution >= 0.6 is 35.6 Å². The van der Waals surface area contributed by atoms with Crippen LogP contribution in [0, 0.1) is 0 Å². The van der Waals surface area contributed by atoms with Crippen LogP contribution < -0.4 is 5.73 Å². The number of rotatable bonds is 0. The molecule has 4 heteroatoms. The van der Waals surface area contributed by atoms with E-state index in [1.165, 1.54) is 11.3 Å². The lowest BCUT2D eigenvalue weighted by molar-refractivity contribution is 1.57. The summed E-state index contributed by atoms with van der Waals surface area (Å²) in [5.41, 5.74) is 6.38. The van der Waals surface area contributed by atoms with Gasteiger partial charge in [-0.05, 0) is 18.2 Å². The van der Waals surface area contributed by atoms with E-state index in [1.807, 2.05) is 18.2 Å². The number of hydrogen-bond donors (Lipinski definition) is 2. The first-order valence-electron chi connectivity index (χ1n) is 3.35. The lowest BCUT2D eigenvalue weighted by Gasteiger charge is -1.98. The Bertz CT molecular complexity index is 436. The fourth-order valence-electron chi connectivity index (χ4n) is 1.08. The van der Waals surface area contributed by atoms with Crippen LogP contribution in [0.2, 0.25) is 4.34 Å². The Labute approximate surface area is 84.6 Å². The van der Waals surface area contributed by atoms with Crippen molar-refractivity contribution in [1.82, 2.24) is 0 Å². The molecule has 0 aliphatic carbocycles. The minimum atomic E-state index is 0.695. The van der Waals surface area contributed by atoms with Crippen LogP contribution in [0.4, 0.5) is 5.69 Å². The maximum absolute atomic E-state index is 5.85. The molecule has 0 saturated heterocycles. The summed E-state index contributed by atoms with van der Waals surface area (Å²) in [7, 11) is 0. The van der Waals surface area contributed by atoms with Crippen molar-refractivity contribution in [3.05, 3.63) is 22.5 Å². The van der Waals surface area contributed by atoms with Crippen molar-refractivity contribution < 1.29 is 0 Å². The van der Waals surface area contributed by atoms with Crippen LogP contribution in [-0.4, -0.2) is 0 Å². The van der Waals surface area contributed by atoms with E-state index < -0.39 is 0 Å². The molecule has 62 valence electrons. The highest BCUT2D eigenvalue weighted by Gasteiger charge is 2.04. The summed E-state index contributed by atoms with van der Waals surface area (Å²) in [4.78, 5) is 0.815. The van der Waals surface area contributed by atoms with Crippen LogP contribution in [0.25, 0.3) is 10.1 Å². The predicted octanol–water partition coefficient (Wildman–Crippen LogP) is 3.43. The van der Waals surface area contributed by atoms with Gasteiger partial charge >= 0.3 is 0 Å². The Morgan fingerprint density at radius 3 is 2.92 bits per heavy atom. The fourth-order valence-corrected chi connectivity index (χ4v) is 2.57. The van der Waals surface area contributed by atoms with Crippen molar-refractivity contribution in [2.75, 3.05) is 5.73 Å². The molecule has 2 aromatic rings. The number of halogens is 1. The Kier molecular flexibility index (Phi) is 1.94. The molecule has 0 saturated carbocycles. The standard InChI is InChI=1S/C8H6ClNS2/c9-7-3-4-6(12-7)2-1-5(10)8(4)11/h1-3,11H,10H2. The Balaban J connectivity index is 2.89. The SMILES string of the molecule is Nc1ccc2sc(Cl)cc2c1S. The number of fused-ring (bicyclic) bond motifs is 1. The van der Waals surface area contributed by atoms with Gasteiger partial charge < -0.3 is 5.73 Å². The molecule has 1 aromatic carbocycles. The third kappa shape index (κ3) is 1.18. The Morgan fingerprint density at radius 2 is 2.17 bits per heavy atom. The van der Waals surface area contributed by atoms with Crippen molar-refractivity contribution in [2.45, 2.75) is 4.90 Å². The van der Waals surface area contributed by atoms with Gasteiger partial charge in [-0.15, -0.1) is 24.0 Å². The van der Waals surface area contributed by atoms with E-state index in [-0.39, 0.29) is 0 Å². The van der Waals surface area contributed by atoms with Crippen LogP contribution in [0.1, 0.15) is 0 Å². The summed E-state index contributed by atoms with van der Waals surface area (Å²) < 4.78 is 1.89. The lowest BCUT2D eigenvalue weighted by atomic mass is 10.2. The molecule has 0 bridgehead atoms. The first-order valence-corrected chi connectivity index (χ1v) is 4.99. The molecule has 0 radical (unpaired) electrons. The minimum Gasteiger partial charge on any atom is -0.398 e. The second-order valence-electron chi connectivity index (χ2n) is 2.47. The zero-order valence-electron chi connectivity index (χ0n) is 6.04. The van der Waals surface area contributed by atoms with E-state index in [0.29, 0.717) is 5.69 Å². The van der Waals surface area contributed by atoms with Gasteiger partial charge in [0.15, 0.2) is 0 Å². The van der Waals surface area contributed by atoms with Gasteiger partial charge in [-0.1, -0.05) is 11.6 Å². The van der Waals surface area contributed by atoms with Gasteiger partial charge in [0.2, 0.25) is 0 Å². The molecule has 0 spiro atoms. The fraction of sp³-hybridized carbons (Fsp3) is 0. The van der Waals surface area contributed by atoms with E-state index in [4.69, 9.17) is 17.3 Å². The number of nitrogen functional groups attached to an aromatic ring is 1. The van der Waals surface area contributed by atoms with Gasteiger partial charge in [0.25, 0.3) is 0 Å². The highest BCUT2D eigenvalue weighted by Crippen LogP contribution is 2.35. The monoisotopic (exact) mass is 215 g/mol. The molecular weight excluding hydrogens is 210 g/mol. The van der Waals surface area contributed by atoms with Gasteiger partial charge in [-0.25, -0.2) is 0 Å². The summed E-state index contributed by atoms with van der Waals surface area (Å²) in [6.45, 7) is 0. The van der Waals surface area contributed by atoms with Crippen LogP contribution in [-0.2, 0) is 0 Å². The van der Waals surface area contributed by atoms with Crippen LogP contribution in [0.3, 0.4) is 0 Å². The minimum absolute atomic E-state index is 0.695. The van der Waals surface area contributed by atoms with E-state index in [9.17, 15) is 0 Å². The molecule has 0 aliphatic heterocycles. The maximum Gasteiger partial charge on any atom is 0.0941 e. The Hall–Kier alpha value is -0.380. The second-order valence-corrected chi connectivity index (χ2v) is 4.63. The average Bonchev–Trinajstić information content (AvgIpc) is 2.39. The molecule has 0 amide bonds. The third-order valence-electron chi connectivity index (χ3n) is 1.67. The molecule has 0 atom stereocenters. The van der Waals surface area contributed by atoms with E-state index in [0.717, 1.165) is 19.3 Å². The molecule has 1 nitrogen and oxygen atoms in total. The van der Waals surface area contributed by atoms with E-state index in [2.05, 4.69) is 12.6 Å². The predicted molar refractivity (Wildman–Crippen MR) is 58.5 cm³/mol. The van der Waals surface area contributed by atoms with Crippen molar-refractivity contribution >= 4 is 51.3 Å². The van der Waals surface area contributed by atoms with Gasteiger partial charge in [-0.2, -0.15) is 0 Å². The number of anilines is 1. The normalized spacial score (nSPS) is 10.8. The number of nitrogens with two attached hydrogens (primary N) is 1. The molecule has 12 heavy (non-hydrogen) atoms. The van der Waals surface area contributed by atoms with Crippen molar-refractivity contribution in [3.63, 3.8) is 0 Å². The smallest absolute Gasteiger partial charge is 0.0941 e. The number of thiol groups is 1. The van der Waals surface area contributed by atoms with Gasteiger partial charge in [0, 0.05) is 20.7 Å². The Morgan fingerprint density at radius 1 is 1.42 bits per heavy atom. The first-order chi connectivity index (χ1) is 5.68. The summed E-state index contributed by atoms with van der Waals surface area (Å²) in [5, 5.41) is 1.04. The second kappa shape index (κ2) is 2.83. The first kappa shape index (κ1) is 8.23. The number of hydrogen-bond acceptors (Lipinski definition) is 3. The molecule has 1 aromatic heterocycles. The molecule has 2 rings (SSSR count). The number of thiophene rings is 1. The van der Waals surface area contributed by atoms with Crippen molar-refractivity contribution in [3.8, 4) is 0 Å². The zero-order chi connectivity index (χ0) is 8.72. The highest BCUT2D eigenvalue weighted by atomic mass is 35.5. The van der Waals surface area contributed by atoms with E-state index in [1.54, 1.807) is 0 Å². The average molecular weight is 216 g/mol. The highest BCUT2D eigenvalue weighted by molar-refractivity contribution is 7.80. The largest absolute Gasteiger partial charge is 0.398 e. The summed E-state index contributed by atoms with van der Waals surface area (Å²) in [6, 6.07) is 5.69. The van der Waals surface area contributed by atoms with Gasteiger partial charge in [0.1, 0.15) is 0 Å². The maximum atomic E-state index is 5.85. The van der Waals surface area contributed by atoms with Crippen LogP contribution in [0.5, 0.6) is 0 Å². The third-order valence-corrected chi connectivity index (χ3v) is 3.40. The summed E-state index contributed by atoms with van der Waals surface area (Å²) in [6.07, 6.45) is 0. The quantitative estimate of drug-likeness (QED) is 0.511. The molecule has 1 heterocycles. The topological polar surface area (TPSA) is 26.0 Å². The molecule has 0 fully saturated rings. The van der Waals surface area contributed by atoms with Gasteiger partial charge in [0.05, 0.1) is 4.34 Å². The number of benzene rings is 1. The molecule has 0 unspecified atom stereocenters.